The number of amides is 2. The van der Waals surface area contributed by atoms with Crippen molar-refractivity contribution >= 4 is 39.1 Å². The molecule has 0 bridgehead atoms. The lowest BCUT2D eigenvalue weighted by Gasteiger charge is -2.32. The van der Waals surface area contributed by atoms with E-state index in [-0.39, 0.29) is 17.1 Å². The number of carbonyl (C=O) groups is 2. The maximum atomic E-state index is 13.7. The Morgan fingerprint density at radius 3 is 2.25 bits per heavy atom. The normalized spacial score (nSPS) is 12.0. The van der Waals surface area contributed by atoms with Crippen molar-refractivity contribution < 1.29 is 22.4 Å². The molecule has 1 atom stereocenters. The van der Waals surface area contributed by atoms with Gasteiger partial charge in [-0.25, -0.2) is 12.8 Å². The topological polar surface area (TPSA) is 86.8 Å². The summed E-state index contributed by atoms with van der Waals surface area (Å²) >= 11 is 6.28. The number of carbonyl (C=O) groups excluding carboxylic acids is 2. The fraction of sp³-hybridized carbons (Fsp3) is 0.231. The molecule has 0 heterocycles. The number of anilines is 1. The maximum Gasteiger partial charge on any atom is 0.264 e. The van der Waals surface area contributed by atoms with E-state index in [1.54, 1.807) is 50.2 Å². The zero-order valence-electron chi connectivity index (χ0n) is 20.1. The van der Waals surface area contributed by atoms with Crippen LogP contribution in [-0.2, 0) is 26.2 Å². The Morgan fingerprint density at radius 2 is 1.64 bits per heavy atom. The molecule has 0 saturated heterocycles. The molecule has 0 aliphatic rings. The van der Waals surface area contributed by atoms with E-state index in [0.29, 0.717) is 16.1 Å². The van der Waals surface area contributed by atoms with Gasteiger partial charge in [0.1, 0.15) is 18.4 Å². The molecule has 3 aromatic carbocycles. The van der Waals surface area contributed by atoms with Gasteiger partial charge in [0.15, 0.2) is 0 Å². The quantitative estimate of drug-likeness (QED) is 0.449. The second-order valence-electron chi connectivity index (χ2n) is 8.15. The molecule has 0 radical (unpaired) electrons. The summed E-state index contributed by atoms with van der Waals surface area (Å²) in [5, 5.41) is 2.85. The van der Waals surface area contributed by atoms with E-state index in [2.05, 4.69) is 5.32 Å². The summed E-state index contributed by atoms with van der Waals surface area (Å²) in [7, 11) is -2.73. The van der Waals surface area contributed by atoms with Crippen molar-refractivity contribution in [3.05, 3.63) is 94.8 Å². The highest BCUT2D eigenvalue weighted by Crippen LogP contribution is 2.31. The number of likely N-dealkylation sites (N-methyl/N-ethyl adjacent to an activating group) is 1. The van der Waals surface area contributed by atoms with Gasteiger partial charge in [0, 0.05) is 18.6 Å². The van der Waals surface area contributed by atoms with Gasteiger partial charge in [0.2, 0.25) is 11.8 Å². The van der Waals surface area contributed by atoms with Crippen LogP contribution in [-0.4, -0.2) is 44.8 Å². The molecule has 7 nitrogen and oxygen atoms in total. The van der Waals surface area contributed by atoms with E-state index < -0.39 is 40.2 Å². The van der Waals surface area contributed by atoms with Crippen molar-refractivity contribution in [3.8, 4) is 0 Å². The lowest BCUT2D eigenvalue weighted by Crippen LogP contribution is -2.50. The highest BCUT2D eigenvalue weighted by molar-refractivity contribution is 7.92. The molecule has 36 heavy (non-hydrogen) atoms. The van der Waals surface area contributed by atoms with E-state index in [4.69, 9.17) is 11.6 Å². The molecule has 0 spiro atoms. The van der Waals surface area contributed by atoms with Gasteiger partial charge in [-0.3, -0.25) is 13.9 Å². The van der Waals surface area contributed by atoms with Crippen molar-refractivity contribution in [2.24, 2.45) is 0 Å². The fourth-order valence-corrected chi connectivity index (χ4v) is 5.34. The summed E-state index contributed by atoms with van der Waals surface area (Å²) in [4.78, 5) is 27.4. The predicted molar refractivity (Wildman–Crippen MR) is 138 cm³/mol. The molecule has 0 saturated carbocycles. The number of nitrogens with one attached hydrogen (secondary N) is 1. The monoisotopic (exact) mass is 531 g/mol. The maximum absolute atomic E-state index is 13.7. The van der Waals surface area contributed by atoms with Crippen LogP contribution in [0.5, 0.6) is 0 Å². The number of hydrogen-bond donors (Lipinski definition) is 1. The average molecular weight is 532 g/mol. The molecule has 0 aliphatic heterocycles. The summed E-state index contributed by atoms with van der Waals surface area (Å²) in [6, 6.07) is 17.2. The molecule has 3 aromatic rings. The number of hydrogen-bond acceptors (Lipinski definition) is 4. The van der Waals surface area contributed by atoms with Crippen molar-refractivity contribution in [1.29, 1.82) is 0 Å². The third kappa shape index (κ3) is 6.03. The first-order chi connectivity index (χ1) is 17.1. The number of halogens is 2. The SMILES string of the molecule is CNC(=O)[C@H](C)N(Cc1ccc(F)cc1)C(=O)CN(c1cccc(Cl)c1C)S(=O)(=O)c1ccccc1. The molecule has 1 N–H and O–H groups in total. The summed E-state index contributed by atoms with van der Waals surface area (Å²) in [6.07, 6.45) is 0. The summed E-state index contributed by atoms with van der Waals surface area (Å²) in [5.74, 6) is -1.48. The Labute approximate surface area is 215 Å². The molecular formula is C26H27ClFN3O4S. The molecule has 190 valence electrons. The summed E-state index contributed by atoms with van der Waals surface area (Å²) < 4.78 is 41.8. The smallest absolute Gasteiger partial charge is 0.264 e. The van der Waals surface area contributed by atoms with E-state index in [9.17, 15) is 22.4 Å². The minimum absolute atomic E-state index is 0.00149. The minimum Gasteiger partial charge on any atom is -0.357 e. The van der Waals surface area contributed by atoms with Crippen molar-refractivity contribution in [2.45, 2.75) is 31.3 Å². The highest BCUT2D eigenvalue weighted by Gasteiger charge is 2.33. The second-order valence-corrected chi connectivity index (χ2v) is 10.4. The summed E-state index contributed by atoms with van der Waals surface area (Å²) in [5.41, 5.74) is 1.31. The standard InChI is InChI=1S/C26H27ClFN3O4S/c1-18-23(27)10-7-11-24(18)31(36(34,35)22-8-5-4-6-9-22)17-25(32)30(19(2)26(33)29-3)16-20-12-14-21(28)15-13-20/h4-15,19H,16-17H2,1-3H3,(H,29,33)/t19-/m0/s1. The third-order valence-electron chi connectivity index (χ3n) is 5.80. The van der Waals surface area contributed by atoms with Gasteiger partial charge < -0.3 is 10.2 Å². The minimum atomic E-state index is -4.17. The van der Waals surface area contributed by atoms with E-state index in [0.717, 1.165) is 4.31 Å². The first-order valence-electron chi connectivity index (χ1n) is 11.1. The van der Waals surface area contributed by atoms with E-state index >= 15 is 0 Å². The van der Waals surface area contributed by atoms with Crippen LogP contribution in [0.4, 0.5) is 10.1 Å². The van der Waals surface area contributed by atoms with Crippen LogP contribution in [0, 0.1) is 12.7 Å². The lowest BCUT2D eigenvalue weighted by molar-refractivity contribution is -0.139. The van der Waals surface area contributed by atoms with Crippen molar-refractivity contribution in [2.75, 3.05) is 17.9 Å². The molecule has 2 amide bonds. The van der Waals surface area contributed by atoms with Crippen LogP contribution in [0.3, 0.4) is 0 Å². The van der Waals surface area contributed by atoms with Gasteiger partial charge in [0.25, 0.3) is 10.0 Å². The third-order valence-corrected chi connectivity index (χ3v) is 7.98. The van der Waals surface area contributed by atoms with Crippen LogP contribution in [0.2, 0.25) is 5.02 Å². The molecule has 10 heteroatoms. The first kappa shape index (κ1) is 27.2. The molecule has 0 fully saturated rings. The largest absolute Gasteiger partial charge is 0.357 e. The van der Waals surface area contributed by atoms with Crippen LogP contribution in [0.1, 0.15) is 18.1 Å². The Hall–Kier alpha value is -3.43. The molecule has 0 aliphatic carbocycles. The Kier molecular flexibility index (Phi) is 8.70. The van der Waals surface area contributed by atoms with Gasteiger partial charge in [-0.15, -0.1) is 0 Å². The number of rotatable bonds is 9. The van der Waals surface area contributed by atoms with Crippen LogP contribution >= 0.6 is 11.6 Å². The predicted octanol–water partition coefficient (Wildman–Crippen LogP) is 4.15. The fourth-order valence-electron chi connectivity index (χ4n) is 3.68. The van der Waals surface area contributed by atoms with Gasteiger partial charge in [-0.1, -0.05) is 48.0 Å². The van der Waals surface area contributed by atoms with Gasteiger partial charge in [-0.2, -0.15) is 0 Å². The van der Waals surface area contributed by atoms with Crippen LogP contribution in [0.15, 0.2) is 77.7 Å². The first-order valence-corrected chi connectivity index (χ1v) is 13.0. The average Bonchev–Trinajstić information content (AvgIpc) is 2.88. The van der Waals surface area contributed by atoms with Gasteiger partial charge in [0.05, 0.1) is 10.6 Å². The van der Waals surface area contributed by atoms with Crippen LogP contribution < -0.4 is 9.62 Å². The molecular weight excluding hydrogens is 505 g/mol. The van der Waals surface area contributed by atoms with Crippen molar-refractivity contribution in [3.63, 3.8) is 0 Å². The van der Waals surface area contributed by atoms with E-state index in [1.165, 1.54) is 48.3 Å². The van der Waals surface area contributed by atoms with E-state index in [1.807, 2.05) is 0 Å². The summed E-state index contributed by atoms with van der Waals surface area (Å²) in [6.45, 7) is 2.60. The number of sulfonamides is 1. The Balaban J connectivity index is 2.06. The number of nitrogens with zero attached hydrogens (tertiary/aromatic N) is 2. The second kappa shape index (κ2) is 11.5. The molecule has 3 rings (SSSR count). The molecule has 0 unspecified atom stereocenters. The Morgan fingerprint density at radius 1 is 1.00 bits per heavy atom. The van der Waals surface area contributed by atoms with Gasteiger partial charge in [-0.05, 0) is 61.4 Å². The Bertz CT molecular complexity index is 1340. The lowest BCUT2D eigenvalue weighted by atomic mass is 10.1. The molecule has 0 aromatic heterocycles. The highest BCUT2D eigenvalue weighted by atomic mass is 35.5. The number of benzene rings is 3. The zero-order valence-corrected chi connectivity index (χ0v) is 21.7. The van der Waals surface area contributed by atoms with Crippen LogP contribution in [0.25, 0.3) is 0 Å². The van der Waals surface area contributed by atoms with Gasteiger partial charge >= 0.3 is 0 Å². The zero-order chi connectivity index (χ0) is 26.5. The van der Waals surface area contributed by atoms with Crippen molar-refractivity contribution in [1.82, 2.24) is 10.2 Å².